The molecule has 1 aromatic carbocycles. The number of benzene rings is 1. The molecule has 0 fully saturated rings. The van der Waals surface area contributed by atoms with E-state index in [-0.39, 0.29) is 5.56 Å². The number of hydrogen-bond donors (Lipinski definition) is 1. The SMILES string of the molecule is COc1cc(C)cc(C)c1C(O)c1ccncc1F. The second-order valence-corrected chi connectivity index (χ2v) is 4.50. The van der Waals surface area contributed by atoms with Crippen molar-refractivity contribution in [2.45, 2.75) is 20.0 Å². The van der Waals surface area contributed by atoms with Crippen LogP contribution >= 0.6 is 0 Å². The van der Waals surface area contributed by atoms with Crippen molar-refractivity contribution in [1.29, 1.82) is 0 Å². The molecule has 1 N–H and O–H groups in total. The van der Waals surface area contributed by atoms with Gasteiger partial charge in [0.05, 0.1) is 13.3 Å². The van der Waals surface area contributed by atoms with E-state index < -0.39 is 11.9 Å². The molecule has 1 heterocycles. The summed E-state index contributed by atoms with van der Waals surface area (Å²) in [6, 6.07) is 5.23. The highest BCUT2D eigenvalue weighted by Gasteiger charge is 2.21. The van der Waals surface area contributed by atoms with Gasteiger partial charge in [-0.3, -0.25) is 4.98 Å². The number of rotatable bonds is 3. The van der Waals surface area contributed by atoms with E-state index in [2.05, 4.69) is 4.98 Å². The number of aromatic nitrogens is 1. The quantitative estimate of drug-likeness (QED) is 0.923. The molecular formula is C15H16FNO2. The van der Waals surface area contributed by atoms with E-state index in [4.69, 9.17) is 4.74 Å². The predicted molar refractivity (Wildman–Crippen MR) is 70.7 cm³/mol. The van der Waals surface area contributed by atoms with Crippen molar-refractivity contribution >= 4 is 0 Å². The van der Waals surface area contributed by atoms with E-state index in [0.717, 1.165) is 17.3 Å². The highest BCUT2D eigenvalue weighted by molar-refractivity contribution is 5.47. The highest BCUT2D eigenvalue weighted by Crippen LogP contribution is 2.34. The van der Waals surface area contributed by atoms with E-state index in [1.807, 2.05) is 26.0 Å². The summed E-state index contributed by atoms with van der Waals surface area (Å²) >= 11 is 0. The first-order chi connectivity index (χ1) is 9.04. The van der Waals surface area contributed by atoms with Crippen LogP contribution in [0.1, 0.15) is 28.4 Å². The van der Waals surface area contributed by atoms with Gasteiger partial charge < -0.3 is 9.84 Å². The lowest BCUT2D eigenvalue weighted by Gasteiger charge is -2.18. The summed E-state index contributed by atoms with van der Waals surface area (Å²) < 4.78 is 19.0. The minimum atomic E-state index is -1.07. The van der Waals surface area contributed by atoms with Crippen LogP contribution in [0, 0.1) is 19.7 Å². The molecule has 1 atom stereocenters. The third kappa shape index (κ3) is 2.58. The first kappa shape index (κ1) is 13.5. The molecule has 0 aliphatic carbocycles. The standard InChI is InChI=1S/C15H16FNO2/c1-9-6-10(2)14(13(7-9)19-3)15(18)11-4-5-17-8-12(11)16/h4-8,15,18H,1-3H3. The number of methoxy groups -OCH3 is 1. The molecule has 100 valence electrons. The summed E-state index contributed by atoms with van der Waals surface area (Å²) in [4.78, 5) is 3.68. The summed E-state index contributed by atoms with van der Waals surface area (Å²) in [5.41, 5.74) is 2.67. The van der Waals surface area contributed by atoms with Crippen molar-refractivity contribution in [3.63, 3.8) is 0 Å². The molecule has 1 unspecified atom stereocenters. The number of hydrogen-bond acceptors (Lipinski definition) is 3. The predicted octanol–water partition coefficient (Wildman–Crippen LogP) is 2.93. The Morgan fingerprint density at radius 3 is 2.68 bits per heavy atom. The molecule has 0 radical (unpaired) electrons. The zero-order chi connectivity index (χ0) is 14.0. The van der Waals surface area contributed by atoms with Crippen molar-refractivity contribution in [2.24, 2.45) is 0 Å². The molecule has 0 spiro atoms. The van der Waals surface area contributed by atoms with E-state index in [1.165, 1.54) is 19.4 Å². The number of aliphatic hydroxyl groups excluding tert-OH is 1. The van der Waals surface area contributed by atoms with Gasteiger partial charge >= 0.3 is 0 Å². The first-order valence-electron chi connectivity index (χ1n) is 5.97. The normalized spacial score (nSPS) is 12.3. The summed E-state index contributed by atoms with van der Waals surface area (Å²) in [5, 5.41) is 10.4. The Hall–Kier alpha value is -1.94. The molecule has 2 aromatic rings. The molecule has 0 amide bonds. The van der Waals surface area contributed by atoms with E-state index in [9.17, 15) is 9.50 Å². The zero-order valence-corrected chi connectivity index (χ0v) is 11.1. The molecule has 4 heteroatoms. The van der Waals surface area contributed by atoms with Crippen molar-refractivity contribution in [2.75, 3.05) is 7.11 Å². The van der Waals surface area contributed by atoms with Gasteiger partial charge in [0.15, 0.2) is 0 Å². The average Bonchev–Trinajstić information content (AvgIpc) is 2.37. The molecule has 1 aromatic heterocycles. The van der Waals surface area contributed by atoms with Crippen LogP contribution in [0.15, 0.2) is 30.6 Å². The van der Waals surface area contributed by atoms with Gasteiger partial charge in [0, 0.05) is 17.3 Å². The number of aliphatic hydroxyl groups is 1. The Labute approximate surface area is 111 Å². The minimum absolute atomic E-state index is 0.195. The summed E-state index contributed by atoms with van der Waals surface area (Å²) in [5.74, 6) is 0.0261. The van der Waals surface area contributed by atoms with Crippen molar-refractivity contribution in [3.05, 3.63) is 58.7 Å². The largest absolute Gasteiger partial charge is 0.496 e. The van der Waals surface area contributed by atoms with Crippen LogP contribution in [0.2, 0.25) is 0 Å². The molecule has 3 nitrogen and oxygen atoms in total. The van der Waals surface area contributed by atoms with Gasteiger partial charge in [-0.05, 0) is 37.1 Å². The van der Waals surface area contributed by atoms with Gasteiger partial charge in [-0.2, -0.15) is 0 Å². The summed E-state index contributed by atoms with van der Waals surface area (Å²) in [7, 11) is 1.54. The second-order valence-electron chi connectivity index (χ2n) is 4.50. The van der Waals surface area contributed by atoms with Gasteiger partial charge in [0.2, 0.25) is 0 Å². The van der Waals surface area contributed by atoms with Crippen LogP contribution in [0.4, 0.5) is 4.39 Å². The molecular weight excluding hydrogens is 245 g/mol. The van der Waals surface area contributed by atoms with Crippen LogP contribution in [0.5, 0.6) is 5.75 Å². The topological polar surface area (TPSA) is 42.4 Å². The fourth-order valence-corrected chi connectivity index (χ4v) is 2.22. The first-order valence-corrected chi connectivity index (χ1v) is 5.97. The Morgan fingerprint density at radius 1 is 1.32 bits per heavy atom. The number of halogens is 1. The third-order valence-electron chi connectivity index (χ3n) is 3.08. The Bertz CT molecular complexity index is 599. The van der Waals surface area contributed by atoms with E-state index in [0.29, 0.717) is 11.3 Å². The van der Waals surface area contributed by atoms with E-state index >= 15 is 0 Å². The van der Waals surface area contributed by atoms with Gasteiger partial charge in [0.1, 0.15) is 17.7 Å². The van der Waals surface area contributed by atoms with Gasteiger partial charge in [0.25, 0.3) is 0 Å². The molecule has 2 rings (SSSR count). The Balaban J connectivity index is 2.56. The van der Waals surface area contributed by atoms with Gasteiger partial charge in [-0.25, -0.2) is 4.39 Å². The maximum Gasteiger partial charge on any atom is 0.147 e. The molecule has 0 aliphatic rings. The smallest absolute Gasteiger partial charge is 0.147 e. The zero-order valence-electron chi connectivity index (χ0n) is 11.1. The third-order valence-corrected chi connectivity index (χ3v) is 3.08. The lowest BCUT2D eigenvalue weighted by atomic mass is 9.95. The number of aryl methyl sites for hydroxylation is 2. The Kier molecular flexibility index (Phi) is 3.81. The van der Waals surface area contributed by atoms with Crippen LogP contribution in [0.3, 0.4) is 0 Å². The fourth-order valence-electron chi connectivity index (χ4n) is 2.22. The highest BCUT2D eigenvalue weighted by atomic mass is 19.1. The maximum atomic E-state index is 13.7. The summed E-state index contributed by atoms with van der Waals surface area (Å²) in [6.45, 7) is 3.81. The van der Waals surface area contributed by atoms with Crippen LogP contribution in [0.25, 0.3) is 0 Å². The van der Waals surface area contributed by atoms with Crippen LogP contribution in [-0.4, -0.2) is 17.2 Å². The van der Waals surface area contributed by atoms with Crippen LogP contribution < -0.4 is 4.74 Å². The maximum absolute atomic E-state index is 13.7. The minimum Gasteiger partial charge on any atom is -0.496 e. The fraction of sp³-hybridized carbons (Fsp3) is 0.267. The summed E-state index contributed by atoms with van der Waals surface area (Å²) in [6.07, 6.45) is 1.48. The van der Waals surface area contributed by atoms with Crippen molar-refractivity contribution in [3.8, 4) is 5.75 Å². The van der Waals surface area contributed by atoms with Gasteiger partial charge in [-0.15, -0.1) is 0 Å². The second kappa shape index (κ2) is 5.36. The molecule has 0 bridgehead atoms. The number of pyridine rings is 1. The number of nitrogens with zero attached hydrogens (tertiary/aromatic N) is 1. The number of ether oxygens (including phenoxy) is 1. The van der Waals surface area contributed by atoms with Gasteiger partial charge in [-0.1, -0.05) is 6.07 Å². The van der Waals surface area contributed by atoms with Crippen LogP contribution in [-0.2, 0) is 0 Å². The average molecular weight is 261 g/mol. The molecule has 19 heavy (non-hydrogen) atoms. The Morgan fingerprint density at radius 2 is 2.05 bits per heavy atom. The molecule has 0 saturated carbocycles. The van der Waals surface area contributed by atoms with Crippen molar-refractivity contribution in [1.82, 2.24) is 4.98 Å². The monoisotopic (exact) mass is 261 g/mol. The lowest BCUT2D eigenvalue weighted by molar-refractivity contribution is 0.208. The lowest BCUT2D eigenvalue weighted by Crippen LogP contribution is -2.07. The van der Waals surface area contributed by atoms with E-state index in [1.54, 1.807) is 0 Å². The molecule has 0 aliphatic heterocycles. The molecule has 0 saturated heterocycles. The van der Waals surface area contributed by atoms with Crippen molar-refractivity contribution < 1.29 is 14.2 Å².